The number of benzene rings is 1. The van der Waals surface area contributed by atoms with Crippen LogP contribution in [-0.4, -0.2) is 16.5 Å². The van der Waals surface area contributed by atoms with E-state index in [0.29, 0.717) is 6.54 Å². The standard InChI is InChI=1S/C13H14BrN3/c1-9(8-15)13-16-6-5-12(17-13)10-3-2-4-11(14)7-10/h2-7,9H,8,15H2,1H3. The van der Waals surface area contributed by atoms with Crippen LogP contribution in [0.1, 0.15) is 18.7 Å². The molecule has 2 rings (SSSR count). The van der Waals surface area contributed by atoms with Gasteiger partial charge < -0.3 is 5.73 Å². The fourth-order valence-electron chi connectivity index (χ4n) is 1.53. The quantitative estimate of drug-likeness (QED) is 0.946. The third-order valence-corrected chi connectivity index (χ3v) is 3.08. The minimum Gasteiger partial charge on any atom is -0.330 e. The smallest absolute Gasteiger partial charge is 0.133 e. The lowest BCUT2D eigenvalue weighted by molar-refractivity contribution is 0.713. The molecule has 0 aliphatic rings. The summed E-state index contributed by atoms with van der Waals surface area (Å²) in [7, 11) is 0. The zero-order chi connectivity index (χ0) is 12.3. The van der Waals surface area contributed by atoms with Gasteiger partial charge in [0.1, 0.15) is 5.82 Å². The molecule has 1 unspecified atom stereocenters. The van der Waals surface area contributed by atoms with Gasteiger partial charge in [-0.3, -0.25) is 0 Å². The molecule has 4 heteroatoms. The lowest BCUT2D eigenvalue weighted by Gasteiger charge is -2.08. The summed E-state index contributed by atoms with van der Waals surface area (Å²) in [6, 6.07) is 9.97. The average molecular weight is 292 g/mol. The van der Waals surface area contributed by atoms with E-state index in [-0.39, 0.29) is 5.92 Å². The number of nitrogens with two attached hydrogens (primary N) is 1. The Morgan fingerprint density at radius 3 is 2.88 bits per heavy atom. The third kappa shape index (κ3) is 2.90. The first kappa shape index (κ1) is 12.2. The van der Waals surface area contributed by atoms with E-state index in [2.05, 4.69) is 25.9 Å². The fraction of sp³-hybridized carbons (Fsp3) is 0.231. The van der Waals surface area contributed by atoms with Crippen molar-refractivity contribution >= 4 is 15.9 Å². The van der Waals surface area contributed by atoms with Crippen LogP contribution in [-0.2, 0) is 0 Å². The van der Waals surface area contributed by atoms with Crippen LogP contribution in [0.4, 0.5) is 0 Å². The van der Waals surface area contributed by atoms with E-state index in [0.717, 1.165) is 21.6 Å². The Hall–Kier alpha value is -1.26. The molecule has 0 aliphatic carbocycles. The highest BCUT2D eigenvalue weighted by molar-refractivity contribution is 9.10. The molecule has 17 heavy (non-hydrogen) atoms. The summed E-state index contributed by atoms with van der Waals surface area (Å²) in [5, 5.41) is 0. The summed E-state index contributed by atoms with van der Waals surface area (Å²) in [6.07, 6.45) is 1.78. The Morgan fingerprint density at radius 1 is 1.35 bits per heavy atom. The normalized spacial score (nSPS) is 12.4. The van der Waals surface area contributed by atoms with Crippen molar-refractivity contribution in [1.82, 2.24) is 9.97 Å². The van der Waals surface area contributed by atoms with Gasteiger partial charge in [0.15, 0.2) is 0 Å². The highest BCUT2D eigenvalue weighted by Crippen LogP contribution is 2.22. The lowest BCUT2D eigenvalue weighted by atomic mass is 10.1. The summed E-state index contributed by atoms with van der Waals surface area (Å²) in [6.45, 7) is 2.59. The van der Waals surface area contributed by atoms with Gasteiger partial charge >= 0.3 is 0 Å². The van der Waals surface area contributed by atoms with Crippen molar-refractivity contribution in [2.45, 2.75) is 12.8 Å². The van der Waals surface area contributed by atoms with Gasteiger partial charge in [0.25, 0.3) is 0 Å². The maximum atomic E-state index is 5.63. The summed E-state index contributed by atoms with van der Waals surface area (Å²) < 4.78 is 1.04. The second-order valence-electron chi connectivity index (χ2n) is 3.95. The zero-order valence-corrected chi connectivity index (χ0v) is 11.2. The fourth-order valence-corrected chi connectivity index (χ4v) is 1.92. The van der Waals surface area contributed by atoms with E-state index >= 15 is 0 Å². The molecule has 3 nitrogen and oxygen atoms in total. The minimum atomic E-state index is 0.183. The second-order valence-corrected chi connectivity index (χ2v) is 4.86. The Balaban J connectivity index is 2.39. The Morgan fingerprint density at radius 2 is 2.18 bits per heavy atom. The Kier molecular flexibility index (Phi) is 3.86. The molecule has 0 spiro atoms. The Labute approximate surface area is 109 Å². The highest BCUT2D eigenvalue weighted by atomic mass is 79.9. The van der Waals surface area contributed by atoms with Crippen molar-refractivity contribution in [1.29, 1.82) is 0 Å². The number of hydrogen-bond acceptors (Lipinski definition) is 3. The van der Waals surface area contributed by atoms with Crippen LogP contribution >= 0.6 is 15.9 Å². The first-order valence-electron chi connectivity index (χ1n) is 5.49. The lowest BCUT2D eigenvalue weighted by Crippen LogP contribution is -2.12. The van der Waals surface area contributed by atoms with Gasteiger partial charge in [0.2, 0.25) is 0 Å². The maximum Gasteiger partial charge on any atom is 0.133 e. The number of halogens is 1. The predicted octanol–water partition coefficient (Wildman–Crippen LogP) is 2.97. The van der Waals surface area contributed by atoms with E-state index in [1.54, 1.807) is 6.20 Å². The molecule has 1 heterocycles. The molecule has 0 saturated carbocycles. The molecule has 0 bridgehead atoms. The Bertz CT molecular complexity index is 514. The first-order chi connectivity index (χ1) is 8.20. The van der Waals surface area contributed by atoms with Crippen molar-refractivity contribution < 1.29 is 0 Å². The molecule has 0 aliphatic heterocycles. The van der Waals surface area contributed by atoms with Crippen molar-refractivity contribution in [3.63, 3.8) is 0 Å². The van der Waals surface area contributed by atoms with Crippen LogP contribution in [0.15, 0.2) is 41.0 Å². The topological polar surface area (TPSA) is 51.8 Å². The number of nitrogens with zero attached hydrogens (tertiary/aromatic N) is 2. The van der Waals surface area contributed by atoms with Gasteiger partial charge in [-0.25, -0.2) is 9.97 Å². The van der Waals surface area contributed by atoms with E-state index in [1.165, 1.54) is 0 Å². The molecule has 1 aromatic heterocycles. The van der Waals surface area contributed by atoms with Crippen molar-refractivity contribution in [2.24, 2.45) is 5.73 Å². The van der Waals surface area contributed by atoms with Crippen LogP contribution in [0.25, 0.3) is 11.3 Å². The predicted molar refractivity (Wildman–Crippen MR) is 72.6 cm³/mol. The highest BCUT2D eigenvalue weighted by Gasteiger charge is 2.08. The van der Waals surface area contributed by atoms with Crippen molar-refractivity contribution in [3.8, 4) is 11.3 Å². The van der Waals surface area contributed by atoms with Crippen molar-refractivity contribution in [2.75, 3.05) is 6.54 Å². The molecule has 2 N–H and O–H groups in total. The second kappa shape index (κ2) is 5.38. The number of rotatable bonds is 3. The molecule has 0 fully saturated rings. The summed E-state index contributed by atoms with van der Waals surface area (Å²) >= 11 is 3.46. The van der Waals surface area contributed by atoms with Crippen LogP contribution in [0.2, 0.25) is 0 Å². The molecule has 1 aromatic carbocycles. The summed E-state index contributed by atoms with van der Waals surface area (Å²) in [5.74, 6) is 0.979. The number of hydrogen-bond donors (Lipinski definition) is 1. The van der Waals surface area contributed by atoms with Gasteiger partial charge in [0.05, 0.1) is 5.69 Å². The van der Waals surface area contributed by atoms with Crippen molar-refractivity contribution in [3.05, 3.63) is 46.8 Å². The largest absolute Gasteiger partial charge is 0.330 e. The minimum absolute atomic E-state index is 0.183. The van der Waals surface area contributed by atoms with Crippen LogP contribution in [0, 0.1) is 0 Å². The van der Waals surface area contributed by atoms with Gasteiger partial charge in [-0.2, -0.15) is 0 Å². The van der Waals surface area contributed by atoms with Gasteiger partial charge in [-0.1, -0.05) is 35.0 Å². The average Bonchev–Trinajstić information content (AvgIpc) is 2.38. The summed E-state index contributed by atoms with van der Waals surface area (Å²) in [5.41, 5.74) is 7.63. The van der Waals surface area contributed by atoms with Crippen LogP contribution in [0.5, 0.6) is 0 Å². The maximum absolute atomic E-state index is 5.63. The SMILES string of the molecule is CC(CN)c1nccc(-c2cccc(Br)c2)n1. The van der Waals surface area contributed by atoms with Gasteiger partial charge in [-0.15, -0.1) is 0 Å². The van der Waals surface area contributed by atoms with E-state index in [1.807, 2.05) is 37.3 Å². The molecule has 88 valence electrons. The van der Waals surface area contributed by atoms with Gasteiger partial charge in [-0.05, 0) is 18.2 Å². The summed E-state index contributed by atoms with van der Waals surface area (Å²) in [4.78, 5) is 8.80. The molecule has 2 aromatic rings. The number of aromatic nitrogens is 2. The van der Waals surface area contributed by atoms with E-state index < -0.39 is 0 Å². The van der Waals surface area contributed by atoms with E-state index in [4.69, 9.17) is 5.73 Å². The molecular weight excluding hydrogens is 278 g/mol. The molecule has 0 saturated heterocycles. The molecule has 0 radical (unpaired) electrons. The molecule has 1 atom stereocenters. The van der Waals surface area contributed by atoms with Crippen LogP contribution < -0.4 is 5.73 Å². The van der Waals surface area contributed by atoms with Gasteiger partial charge in [0, 0.05) is 28.7 Å². The molecular formula is C13H14BrN3. The first-order valence-corrected chi connectivity index (χ1v) is 6.29. The molecule has 0 amide bonds. The van der Waals surface area contributed by atoms with Crippen LogP contribution in [0.3, 0.4) is 0 Å². The van der Waals surface area contributed by atoms with E-state index in [9.17, 15) is 0 Å². The monoisotopic (exact) mass is 291 g/mol. The zero-order valence-electron chi connectivity index (χ0n) is 9.60. The third-order valence-electron chi connectivity index (χ3n) is 2.59.